The van der Waals surface area contributed by atoms with Crippen LogP contribution in [-0.2, 0) is 11.8 Å². The number of hydrogen-bond donors (Lipinski definition) is 1. The van der Waals surface area contributed by atoms with E-state index in [1.807, 2.05) is 33.0 Å². The third kappa shape index (κ3) is 3.51. The number of carbonyl (C=O) groups excluding carboxylic acids is 1. The van der Waals surface area contributed by atoms with Crippen molar-refractivity contribution in [2.24, 2.45) is 7.05 Å². The molecule has 5 rings (SSSR count). The van der Waals surface area contributed by atoms with Crippen molar-refractivity contribution in [3.8, 4) is 5.75 Å². The molecule has 0 radical (unpaired) electrons. The molecule has 0 unspecified atom stereocenters. The van der Waals surface area contributed by atoms with Gasteiger partial charge in [0.05, 0.1) is 30.5 Å². The van der Waals surface area contributed by atoms with E-state index in [1.54, 1.807) is 18.0 Å². The van der Waals surface area contributed by atoms with Gasteiger partial charge < -0.3 is 19.4 Å². The molecule has 1 aliphatic rings. The van der Waals surface area contributed by atoms with Crippen molar-refractivity contribution >= 4 is 39.2 Å². The van der Waals surface area contributed by atoms with Crippen LogP contribution in [0.15, 0.2) is 36.7 Å². The first kappa shape index (κ1) is 21.1. The lowest BCUT2D eigenvalue weighted by Gasteiger charge is -2.30. The Labute approximate surface area is 191 Å². The summed E-state index contributed by atoms with van der Waals surface area (Å²) in [6.45, 7) is 5.52. The van der Waals surface area contributed by atoms with E-state index < -0.39 is 0 Å². The number of H-pyrrole nitrogens is 1. The number of ether oxygens (including phenoxy) is 2. The van der Waals surface area contributed by atoms with Crippen LogP contribution in [0.2, 0.25) is 0 Å². The maximum Gasteiger partial charge on any atom is 0.341 e. The molecule has 3 aromatic heterocycles. The second-order valence-electron chi connectivity index (χ2n) is 8.19. The largest absolute Gasteiger partial charge is 0.497 e. The molecule has 8 heteroatoms. The van der Waals surface area contributed by atoms with Gasteiger partial charge in [0.2, 0.25) is 0 Å². The molecule has 1 aliphatic heterocycles. The zero-order valence-electron chi connectivity index (χ0n) is 19.3. The molecule has 0 fully saturated rings. The highest BCUT2D eigenvalue weighted by molar-refractivity contribution is 6.06. The monoisotopic (exact) mass is 445 g/mol. The first-order chi connectivity index (χ1) is 16.0. The van der Waals surface area contributed by atoms with Crippen LogP contribution < -0.4 is 9.64 Å². The van der Waals surface area contributed by atoms with E-state index in [0.29, 0.717) is 18.7 Å². The average molecular weight is 446 g/mol. The third-order valence-corrected chi connectivity index (χ3v) is 6.26. The third-order valence-electron chi connectivity index (χ3n) is 6.26. The summed E-state index contributed by atoms with van der Waals surface area (Å²) in [5.41, 5.74) is 6.48. The van der Waals surface area contributed by atoms with Gasteiger partial charge in [0.25, 0.3) is 0 Å². The number of nitrogens with zero attached hydrogens (tertiary/aromatic N) is 4. The highest BCUT2D eigenvalue weighted by Crippen LogP contribution is 2.36. The van der Waals surface area contributed by atoms with Crippen molar-refractivity contribution in [3.05, 3.63) is 53.5 Å². The number of hydrogen-bond acceptors (Lipinski definition) is 6. The first-order valence-corrected chi connectivity index (χ1v) is 11.1. The van der Waals surface area contributed by atoms with Crippen LogP contribution in [0.3, 0.4) is 0 Å². The molecule has 170 valence electrons. The Bertz CT molecular complexity index is 1400. The first-order valence-electron chi connectivity index (χ1n) is 11.1. The lowest BCUT2D eigenvalue weighted by atomic mass is 9.97. The zero-order chi connectivity index (χ0) is 23.1. The molecule has 0 bridgehead atoms. The van der Waals surface area contributed by atoms with Crippen molar-refractivity contribution < 1.29 is 14.3 Å². The highest BCUT2D eigenvalue weighted by Gasteiger charge is 2.26. The van der Waals surface area contributed by atoms with Crippen LogP contribution >= 0.6 is 0 Å². The van der Waals surface area contributed by atoms with Gasteiger partial charge in [0, 0.05) is 49.0 Å². The number of aryl methyl sites for hydroxylation is 2. The van der Waals surface area contributed by atoms with Gasteiger partial charge >= 0.3 is 5.97 Å². The Morgan fingerprint density at radius 1 is 1.30 bits per heavy atom. The van der Waals surface area contributed by atoms with E-state index in [-0.39, 0.29) is 5.97 Å². The Morgan fingerprint density at radius 2 is 2.15 bits per heavy atom. The SMILES string of the molecule is CCOC(=O)c1cnc2c(c(C)nn2C)c1N1CC=C(c2c[nH]c3ccc(OC)cc23)CC1. The predicted octanol–water partition coefficient (Wildman–Crippen LogP) is 4.24. The fourth-order valence-corrected chi connectivity index (χ4v) is 4.69. The van der Waals surface area contributed by atoms with Crippen LogP contribution in [0.4, 0.5) is 5.69 Å². The smallest absolute Gasteiger partial charge is 0.341 e. The van der Waals surface area contributed by atoms with Crippen molar-refractivity contribution in [1.29, 1.82) is 0 Å². The molecule has 33 heavy (non-hydrogen) atoms. The van der Waals surface area contributed by atoms with E-state index in [4.69, 9.17) is 9.47 Å². The van der Waals surface area contributed by atoms with Gasteiger partial charge in [-0.25, -0.2) is 9.78 Å². The number of aromatic amines is 1. The molecule has 1 aromatic carbocycles. The number of rotatable bonds is 5. The summed E-state index contributed by atoms with van der Waals surface area (Å²) in [5, 5.41) is 6.59. The fraction of sp³-hybridized carbons (Fsp3) is 0.320. The Hall–Kier alpha value is -3.81. The van der Waals surface area contributed by atoms with Crippen molar-refractivity contribution in [1.82, 2.24) is 19.7 Å². The molecular formula is C25H27N5O3. The normalized spacial score (nSPS) is 14.1. The fourth-order valence-electron chi connectivity index (χ4n) is 4.69. The van der Waals surface area contributed by atoms with Gasteiger partial charge in [-0.1, -0.05) is 6.08 Å². The summed E-state index contributed by atoms with van der Waals surface area (Å²) >= 11 is 0. The molecule has 0 aliphatic carbocycles. The number of fused-ring (bicyclic) bond motifs is 2. The summed E-state index contributed by atoms with van der Waals surface area (Å²) in [6.07, 6.45) is 6.75. The quantitative estimate of drug-likeness (QED) is 0.463. The Balaban J connectivity index is 1.55. The highest BCUT2D eigenvalue weighted by atomic mass is 16.5. The average Bonchev–Trinajstić information content (AvgIpc) is 3.38. The minimum Gasteiger partial charge on any atom is -0.497 e. The topological polar surface area (TPSA) is 85.3 Å². The van der Waals surface area contributed by atoms with E-state index in [0.717, 1.165) is 52.0 Å². The van der Waals surface area contributed by atoms with Crippen LogP contribution in [0.5, 0.6) is 5.75 Å². The molecule has 0 saturated heterocycles. The van der Waals surface area contributed by atoms with Crippen molar-refractivity contribution in [2.45, 2.75) is 20.3 Å². The lowest BCUT2D eigenvalue weighted by Crippen LogP contribution is -2.30. The van der Waals surface area contributed by atoms with Gasteiger partial charge in [-0.2, -0.15) is 5.10 Å². The summed E-state index contributed by atoms with van der Waals surface area (Å²) < 4.78 is 12.5. The lowest BCUT2D eigenvalue weighted by molar-refractivity contribution is 0.0527. The van der Waals surface area contributed by atoms with Crippen LogP contribution in [0.25, 0.3) is 27.5 Å². The minimum absolute atomic E-state index is 0.316. The molecule has 8 nitrogen and oxygen atoms in total. The van der Waals surface area contributed by atoms with Gasteiger partial charge in [0.15, 0.2) is 5.65 Å². The van der Waals surface area contributed by atoms with Gasteiger partial charge in [-0.3, -0.25) is 4.68 Å². The van der Waals surface area contributed by atoms with Crippen molar-refractivity contribution in [3.63, 3.8) is 0 Å². The van der Waals surface area contributed by atoms with E-state index in [1.165, 1.54) is 11.1 Å². The summed E-state index contributed by atoms with van der Waals surface area (Å²) in [6, 6.07) is 6.07. The van der Waals surface area contributed by atoms with Gasteiger partial charge in [0.1, 0.15) is 11.3 Å². The summed E-state index contributed by atoms with van der Waals surface area (Å²) in [5.74, 6) is 0.482. The maximum absolute atomic E-state index is 12.8. The number of anilines is 1. The van der Waals surface area contributed by atoms with Gasteiger partial charge in [-0.05, 0) is 44.0 Å². The van der Waals surface area contributed by atoms with Crippen LogP contribution in [-0.4, -0.2) is 52.5 Å². The second-order valence-corrected chi connectivity index (χ2v) is 8.19. The Kier molecular flexibility index (Phi) is 5.28. The number of methoxy groups -OCH3 is 1. The second kappa shape index (κ2) is 8.27. The molecule has 4 aromatic rings. The predicted molar refractivity (Wildman–Crippen MR) is 129 cm³/mol. The van der Waals surface area contributed by atoms with Gasteiger partial charge in [-0.15, -0.1) is 0 Å². The number of carbonyl (C=O) groups is 1. The summed E-state index contributed by atoms with van der Waals surface area (Å²) in [7, 11) is 3.55. The zero-order valence-corrected chi connectivity index (χ0v) is 19.3. The molecule has 0 spiro atoms. The summed E-state index contributed by atoms with van der Waals surface area (Å²) in [4.78, 5) is 22.9. The van der Waals surface area contributed by atoms with Crippen LogP contribution in [0, 0.1) is 6.92 Å². The number of benzene rings is 1. The standard InChI is InChI=1S/C25H27N5O3/c1-5-33-25(31)20-14-27-24-22(15(2)28-29(24)3)23(20)30-10-8-16(9-11-30)19-13-26-21-7-6-17(32-4)12-18(19)21/h6-8,12-14,26H,5,9-11H2,1-4H3. The Morgan fingerprint density at radius 3 is 2.88 bits per heavy atom. The van der Waals surface area contributed by atoms with Crippen LogP contribution in [0.1, 0.15) is 35.0 Å². The molecule has 1 N–H and O–H groups in total. The van der Waals surface area contributed by atoms with E-state index in [9.17, 15) is 4.79 Å². The molecule has 0 atom stereocenters. The van der Waals surface area contributed by atoms with E-state index >= 15 is 0 Å². The number of pyridine rings is 1. The minimum atomic E-state index is -0.358. The van der Waals surface area contributed by atoms with E-state index in [2.05, 4.69) is 38.3 Å². The molecule has 4 heterocycles. The molecular weight excluding hydrogens is 418 g/mol. The number of nitrogens with one attached hydrogen (secondary N) is 1. The maximum atomic E-state index is 12.8. The number of esters is 1. The molecule has 0 saturated carbocycles. The molecule has 0 amide bonds. The van der Waals surface area contributed by atoms with Crippen molar-refractivity contribution in [2.75, 3.05) is 31.7 Å². The number of aromatic nitrogens is 4.